The summed E-state index contributed by atoms with van der Waals surface area (Å²) >= 11 is 0. The molecular formula is C23H20O2. The third-order valence-electron chi connectivity index (χ3n) is 5.20. The Kier molecular flexibility index (Phi) is 3.30. The highest BCUT2D eigenvalue weighted by atomic mass is 16.5. The Balaban J connectivity index is 1.34. The molecule has 0 saturated heterocycles. The maximum absolute atomic E-state index is 6.22. The lowest BCUT2D eigenvalue weighted by molar-refractivity contribution is 0.170. The molecule has 0 heterocycles. The number of ether oxygens (including phenoxy) is 2. The molecule has 0 amide bonds. The average molecular weight is 328 g/mol. The van der Waals surface area contributed by atoms with Crippen molar-refractivity contribution in [1.29, 1.82) is 0 Å². The minimum atomic E-state index is 0.162. The highest BCUT2D eigenvalue weighted by Gasteiger charge is 2.29. The van der Waals surface area contributed by atoms with Crippen LogP contribution in [0.15, 0.2) is 66.7 Å². The molecule has 0 aromatic heterocycles. The fraction of sp³-hybridized carbons (Fsp3) is 0.217. The van der Waals surface area contributed by atoms with Gasteiger partial charge in [-0.05, 0) is 46.9 Å². The lowest BCUT2D eigenvalue weighted by atomic mass is 9.85. The van der Waals surface area contributed by atoms with Crippen LogP contribution in [0.2, 0.25) is 0 Å². The second kappa shape index (κ2) is 5.66. The Morgan fingerprint density at radius 2 is 1.16 bits per heavy atom. The first-order valence-electron chi connectivity index (χ1n) is 8.87. The smallest absolute Gasteiger partial charge is 0.128 e. The zero-order valence-corrected chi connectivity index (χ0v) is 14.2. The molecule has 2 unspecified atom stereocenters. The standard InChI is InChI=1S/C23H20O2/c1-15-10-18(24-22-12-16-6-2-4-8-20(16)22)14-19(11-15)25-23-13-17-7-3-5-9-21(17)23/h2-11,14,22-23H,12-13H2,1H3. The summed E-state index contributed by atoms with van der Waals surface area (Å²) in [5, 5.41) is 0. The van der Waals surface area contributed by atoms with E-state index in [1.165, 1.54) is 22.3 Å². The molecule has 0 spiro atoms. The van der Waals surface area contributed by atoms with Gasteiger partial charge in [-0.15, -0.1) is 0 Å². The molecule has 0 fully saturated rings. The zero-order chi connectivity index (χ0) is 16.8. The van der Waals surface area contributed by atoms with E-state index in [0.29, 0.717) is 0 Å². The van der Waals surface area contributed by atoms with Crippen LogP contribution in [0.4, 0.5) is 0 Å². The van der Waals surface area contributed by atoms with Crippen molar-refractivity contribution in [3.63, 3.8) is 0 Å². The van der Waals surface area contributed by atoms with Gasteiger partial charge in [0, 0.05) is 18.9 Å². The third-order valence-corrected chi connectivity index (χ3v) is 5.20. The molecular weight excluding hydrogens is 308 g/mol. The van der Waals surface area contributed by atoms with E-state index in [2.05, 4.69) is 67.6 Å². The van der Waals surface area contributed by atoms with Crippen molar-refractivity contribution in [2.45, 2.75) is 32.0 Å². The summed E-state index contributed by atoms with van der Waals surface area (Å²) < 4.78 is 12.4. The summed E-state index contributed by atoms with van der Waals surface area (Å²) in [5.74, 6) is 1.78. The molecule has 3 aromatic carbocycles. The first-order chi connectivity index (χ1) is 12.3. The first-order valence-corrected chi connectivity index (χ1v) is 8.87. The predicted octanol–water partition coefficient (Wildman–Crippen LogP) is 5.35. The quantitative estimate of drug-likeness (QED) is 0.643. The van der Waals surface area contributed by atoms with Crippen molar-refractivity contribution in [1.82, 2.24) is 0 Å². The number of hydrogen-bond acceptors (Lipinski definition) is 2. The fourth-order valence-electron chi connectivity index (χ4n) is 3.81. The molecule has 5 rings (SSSR count). The summed E-state index contributed by atoms with van der Waals surface area (Å²) in [6, 6.07) is 23.2. The Hall–Kier alpha value is -2.74. The largest absolute Gasteiger partial charge is 0.485 e. The van der Waals surface area contributed by atoms with Crippen molar-refractivity contribution in [3.05, 3.63) is 94.5 Å². The van der Waals surface area contributed by atoms with Crippen LogP contribution in [0.5, 0.6) is 11.5 Å². The second-order valence-corrected chi connectivity index (χ2v) is 7.00. The fourth-order valence-corrected chi connectivity index (χ4v) is 3.81. The highest BCUT2D eigenvalue weighted by molar-refractivity contribution is 5.44. The number of aryl methyl sites for hydroxylation is 1. The van der Waals surface area contributed by atoms with Crippen LogP contribution in [0.3, 0.4) is 0 Å². The zero-order valence-electron chi connectivity index (χ0n) is 14.2. The van der Waals surface area contributed by atoms with Crippen LogP contribution in [0.1, 0.15) is 40.0 Å². The molecule has 2 atom stereocenters. The maximum Gasteiger partial charge on any atom is 0.128 e. The normalized spacial score (nSPS) is 19.9. The molecule has 2 nitrogen and oxygen atoms in total. The second-order valence-electron chi connectivity index (χ2n) is 7.00. The Morgan fingerprint density at radius 3 is 1.64 bits per heavy atom. The molecule has 25 heavy (non-hydrogen) atoms. The van der Waals surface area contributed by atoms with Gasteiger partial charge in [-0.1, -0.05) is 48.5 Å². The van der Waals surface area contributed by atoms with Gasteiger partial charge in [0.2, 0.25) is 0 Å². The highest BCUT2D eigenvalue weighted by Crippen LogP contribution is 2.40. The molecule has 3 aromatic rings. The number of benzene rings is 3. The van der Waals surface area contributed by atoms with Gasteiger partial charge in [0.15, 0.2) is 0 Å². The van der Waals surface area contributed by atoms with Crippen molar-refractivity contribution < 1.29 is 9.47 Å². The summed E-state index contributed by atoms with van der Waals surface area (Å²) in [6.45, 7) is 2.09. The minimum Gasteiger partial charge on any atom is -0.485 e. The van der Waals surface area contributed by atoms with Gasteiger partial charge in [0.05, 0.1) is 0 Å². The molecule has 2 aliphatic rings. The SMILES string of the molecule is Cc1cc(OC2Cc3ccccc32)cc(OC2Cc3ccccc32)c1. The van der Waals surface area contributed by atoms with Crippen molar-refractivity contribution in [2.75, 3.05) is 0 Å². The maximum atomic E-state index is 6.22. The van der Waals surface area contributed by atoms with E-state index >= 15 is 0 Å². The summed E-state index contributed by atoms with van der Waals surface area (Å²) in [5.41, 5.74) is 6.55. The van der Waals surface area contributed by atoms with E-state index < -0.39 is 0 Å². The topological polar surface area (TPSA) is 18.5 Å². The van der Waals surface area contributed by atoms with E-state index in [0.717, 1.165) is 29.9 Å². The van der Waals surface area contributed by atoms with Gasteiger partial charge in [-0.25, -0.2) is 0 Å². The molecule has 0 radical (unpaired) electrons. The Bertz CT molecular complexity index is 871. The van der Waals surface area contributed by atoms with Crippen LogP contribution < -0.4 is 9.47 Å². The third kappa shape index (κ3) is 2.58. The van der Waals surface area contributed by atoms with Crippen molar-refractivity contribution >= 4 is 0 Å². The minimum absolute atomic E-state index is 0.162. The van der Waals surface area contributed by atoms with Gasteiger partial charge in [0.1, 0.15) is 23.7 Å². The van der Waals surface area contributed by atoms with Gasteiger partial charge in [0.25, 0.3) is 0 Å². The van der Waals surface area contributed by atoms with Crippen molar-refractivity contribution in [2.24, 2.45) is 0 Å². The van der Waals surface area contributed by atoms with E-state index in [1.54, 1.807) is 0 Å². The number of fused-ring (bicyclic) bond motifs is 2. The van der Waals surface area contributed by atoms with Crippen molar-refractivity contribution in [3.8, 4) is 11.5 Å². The average Bonchev–Trinajstić information content (AvgIpc) is 2.57. The molecule has 0 aliphatic heterocycles. The van der Waals surface area contributed by atoms with E-state index in [9.17, 15) is 0 Å². The van der Waals surface area contributed by atoms with E-state index in [1.807, 2.05) is 6.07 Å². The van der Waals surface area contributed by atoms with E-state index in [4.69, 9.17) is 9.47 Å². The Labute approximate surface area is 148 Å². The monoisotopic (exact) mass is 328 g/mol. The first kappa shape index (κ1) is 14.6. The van der Waals surface area contributed by atoms with Crippen LogP contribution >= 0.6 is 0 Å². The Morgan fingerprint density at radius 1 is 0.680 bits per heavy atom. The van der Waals surface area contributed by atoms with Gasteiger partial charge < -0.3 is 9.47 Å². The molecule has 2 heteroatoms. The number of rotatable bonds is 4. The predicted molar refractivity (Wildman–Crippen MR) is 98.2 cm³/mol. The molecule has 124 valence electrons. The lowest BCUT2D eigenvalue weighted by Crippen LogP contribution is -2.23. The molecule has 0 bridgehead atoms. The summed E-state index contributed by atoms with van der Waals surface area (Å²) in [6.07, 6.45) is 2.29. The van der Waals surface area contributed by atoms with Gasteiger partial charge in [-0.3, -0.25) is 0 Å². The summed E-state index contributed by atoms with van der Waals surface area (Å²) in [4.78, 5) is 0. The lowest BCUT2D eigenvalue weighted by Gasteiger charge is -2.32. The van der Waals surface area contributed by atoms with E-state index in [-0.39, 0.29) is 12.2 Å². The summed E-state index contributed by atoms with van der Waals surface area (Å²) in [7, 11) is 0. The number of hydrogen-bond donors (Lipinski definition) is 0. The van der Waals surface area contributed by atoms with Crippen LogP contribution in [0.25, 0.3) is 0 Å². The van der Waals surface area contributed by atoms with Gasteiger partial charge >= 0.3 is 0 Å². The van der Waals surface area contributed by atoms with Crippen LogP contribution in [-0.2, 0) is 12.8 Å². The van der Waals surface area contributed by atoms with Crippen LogP contribution in [0, 0.1) is 6.92 Å². The molecule has 0 saturated carbocycles. The van der Waals surface area contributed by atoms with Gasteiger partial charge in [-0.2, -0.15) is 0 Å². The molecule has 2 aliphatic carbocycles. The van der Waals surface area contributed by atoms with Crippen LogP contribution in [-0.4, -0.2) is 0 Å². The molecule has 0 N–H and O–H groups in total.